The third-order valence-electron chi connectivity index (χ3n) is 6.35. The van der Waals surface area contributed by atoms with Crippen LogP contribution >= 0.6 is 11.6 Å². The minimum Gasteiger partial charge on any atom is -0.439 e. The molecule has 0 fully saturated rings. The van der Waals surface area contributed by atoms with Crippen LogP contribution in [0.5, 0.6) is 23.3 Å². The van der Waals surface area contributed by atoms with Gasteiger partial charge in [0.25, 0.3) is 0 Å². The Bertz CT molecular complexity index is 2240. The SMILES string of the molecule is Nc1ccc(Oc2ccnc(-c3ncon3)n2)cc1.O=C(Nc1ccc(Oc2ccnc(-c3ncon3)n2)cc1)Nc1ccc(Cl)c(C(F)(F)F)c1. The molecule has 52 heavy (non-hydrogen) atoms. The average Bonchev–Trinajstić information content (AvgIpc) is 3.87. The van der Waals surface area contributed by atoms with Gasteiger partial charge in [-0.3, -0.25) is 0 Å². The molecule has 7 rings (SSSR count). The van der Waals surface area contributed by atoms with Crippen molar-refractivity contribution in [3.05, 3.63) is 115 Å². The number of ether oxygens (including phenoxy) is 2. The molecule has 262 valence electrons. The average molecular weight is 732 g/mol. The van der Waals surface area contributed by atoms with E-state index in [4.69, 9.17) is 26.8 Å². The van der Waals surface area contributed by atoms with Crippen molar-refractivity contribution in [1.29, 1.82) is 0 Å². The molecular weight excluding hydrogens is 711 g/mol. The molecule has 4 N–H and O–H groups in total. The molecule has 0 aliphatic heterocycles. The van der Waals surface area contributed by atoms with Crippen molar-refractivity contribution in [3.8, 4) is 46.6 Å². The summed E-state index contributed by atoms with van der Waals surface area (Å²) < 4.78 is 59.4. The van der Waals surface area contributed by atoms with Crippen LogP contribution in [0.1, 0.15) is 5.56 Å². The minimum absolute atomic E-state index is 0.0645. The zero-order valence-electron chi connectivity index (χ0n) is 26.0. The fourth-order valence-electron chi connectivity index (χ4n) is 4.05. The lowest BCUT2D eigenvalue weighted by Crippen LogP contribution is -2.19. The maximum atomic E-state index is 13.0. The molecule has 4 aromatic heterocycles. The summed E-state index contributed by atoms with van der Waals surface area (Å²) in [5, 5.41) is 11.7. The highest BCUT2D eigenvalue weighted by Gasteiger charge is 2.33. The second kappa shape index (κ2) is 15.6. The van der Waals surface area contributed by atoms with Crippen LogP contribution in [0.15, 0.2) is 113 Å². The van der Waals surface area contributed by atoms with E-state index in [2.05, 4.69) is 59.9 Å². The number of amides is 2. The Hall–Kier alpha value is -7.15. The Morgan fingerprint density at radius 3 is 1.67 bits per heavy atom. The van der Waals surface area contributed by atoms with Crippen LogP contribution in [0.2, 0.25) is 5.02 Å². The number of hydrogen-bond donors (Lipinski definition) is 3. The second-order valence-electron chi connectivity index (χ2n) is 10.0. The van der Waals surface area contributed by atoms with Crippen molar-refractivity contribution < 1.29 is 36.5 Å². The first-order valence-corrected chi connectivity index (χ1v) is 14.9. The number of benzene rings is 3. The highest BCUT2D eigenvalue weighted by Crippen LogP contribution is 2.36. The van der Waals surface area contributed by atoms with Crippen LogP contribution < -0.4 is 25.8 Å². The van der Waals surface area contributed by atoms with Gasteiger partial charge < -0.3 is 34.9 Å². The fraction of sp³-hybridized carbons (Fsp3) is 0.0312. The second-order valence-corrected chi connectivity index (χ2v) is 10.4. The number of nitrogen functional groups attached to an aromatic ring is 1. The summed E-state index contributed by atoms with van der Waals surface area (Å²) in [4.78, 5) is 36.3. The molecule has 0 radical (unpaired) electrons. The number of rotatable bonds is 8. The van der Waals surface area contributed by atoms with E-state index in [1.165, 1.54) is 24.7 Å². The van der Waals surface area contributed by atoms with Crippen molar-refractivity contribution in [2.45, 2.75) is 6.18 Å². The Kier molecular flexibility index (Phi) is 10.4. The van der Waals surface area contributed by atoms with Gasteiger partial charge in [-0.05, 0) is 66.7 Å². The van der Waals surface area contributed by atoms with Crippen molar-refractivity contribution in [1.82, 2.24) is 40.2 Å². The number of carbonyl (C=O) groups is 1. The maximum Gasteiger partial charge on any atom is 0.417 e. The highest BCUT2D eigenvalue weighted by atomic mass is 35.5. The van der Waals surface area contributed by atoms with Crippen LogP contribution in [-0.2, 0) is 6.18 Å². The number of nitrogens with two attached hydrogens (primary N) is 1. The van der Waals surface area contributed by atoms with E-state index in [9.17, 15) is 18.0 Å². The molecule has 0 saturated heterocycles. The predicted molar refractivity (Wildman–Crippen MR) is 177 cm³/mol. The monoisotopic (exact) mass is 731 g/mol. The Balaban J connectivity index is 0.000000206. The summed E-state index contributed by atoms with van der Waals surface area (Å²) in [6.45, 7) is 0. The van der Waals surface area contributed by atoms with Gasteiger partial charge in [-0.1, -0.05) is 21.9 Å². The molecule has 16 nitrogen and oxygen atoms in total. The van der Waals surface area contributed by atoms with E-state index in [0.29, 0.717) is 40.4 Å². The fourth-order valence-corrected chi connectivity index (χ4v) is 4.27. The van der Waals surface area contributed by atoms with Crippen LogP contribution in [0.25, 0.3) is 23.3 Å². The highest BCUT2D eigenvalue weighted by molar-refractivity contribution is 6.31. The summed E-state index contributed by atoms with van der Waals surface area (Å²) >= 11 is 5.58. The van der Waals surface area contributed by atoms with Gasteiger partial charge in [-0.2, -0.15) is 33.1 Å². The van der Waals surface area contributed by atoms with Crippen molar-refractivity contribution in [2.24, 2.45) is 0 Å². The van der Waals surface area contributed by atoms with E-state index in [-0.39, 0.29) is 23.2 Å². The lowest BCUT2D eigenvalue weighted by molar-refractivity contribution is -0.137. The number of urea groups is 1. The van der Waals surface area contributed by atoms with Gasteiger partial charge >= 0.3 is 12.2 Å². The van der Waals surface area contributed by atoms with E-state index >= 15 is 0 Å². The van der Waals surface area contributed by atoms with Gasteiger partial charge in [0.15, 0.2) is 0 Å². The maximum absolute atomic E-state index is 13.0. The molecule has 0 bridgehead atoms. The molecule has 2 amide bonds. The third-order valence-corrected chi connectivity index (χ3v) is 6.68. The van der Waals surface area contributed by atoms with E-state index < -0.39 is 22.8 Å². The predicted octanol–water partition coefficient (Wildman–Crippen LogP) is 7.54. The molecule has 20 heteroatoms. The number of halogens is 4. The van der Waals surface area contributed by atoms with Gasteiger partial charge in [0.2, 0.25) is 47.8 Å². The first-order chi connectivity index (χ1) is 25.1. The first-order valence-electron chi connectivity index (χ1n) is 14.5. The topological polar surface area (TPSA) is 215 Å². The molecule has 0 unspecified atom stereocenters. The Morgan fingerprint density at radius 1 is 0.673 bits per heavy atom. The molecule has 4 heterocycles. The molecule has 7 aromatic rings. The van der Waals surface area contributed by atoms with Crippen LogP contribution in [-0.4, -0.2) is 46.2 Å². The zero-order chi connectivity index (χ0) is 36.5. The largest absolute Gasteiger partial charge is 0.439 e. The molecular formula is C32H21ClF3N11O5. The Morgan fingerprint density at radius 2 is 1.17 bits per heavy atom. The third kappa shape index (κ3) is 9.30. The number of nitrogens with one attached hydrogen (secondary N) is 2. The number of aromatic nitrogens is 8. The van der Waals surface area contributed by atoms with E-state index in [1.54, 1.807) is 60.8 Å². The van der Waals surface area contributed by atoms with Gasteiger partial charge in [0, 0.05) is 41.6 Å². The summed E-state index contributed by atoms with van der Waals surface area (Å²) in [6, 6.07) is 18.7. The van der Waals surface area contributed by atoms with Crippen LogP contribution in [0, 0.1) is 0 Å². The van der Waals surface area contributed by atoms with Crippen LogP contribution in [0.4, 0.5) is 35.0 Å². The standard InChI is InChI=1S/C20H12ClF3N6O3.C12H9N5O2/c21-15-6-3-12(9-14(15)20(22,23)24)28-19(31)27-11-1-4-13(5-2-11)33-16-7-8-25-17(29-16)18-26-10-32-30-18;13-8-1-3-9(4-2-8)19-10-5-6-14-11(16-10)12-15-7-18-17-12/h1-10H,(H2,27,28,31);1-7H,13H2. The molecule has 0 saturated carbocycles. The van der Waals surface area contributed by atoms with Gasteiger partial charge in [0.1, 0.15) is 11.5 Å². The number of hydrogen-bond acceptors (Lipinski definition) is 14. The molecule has 0 atom stereocenters. The van der Waals surface area contributed by atoms with Crippen molar-refractivity contribution in [2.75, 3.05) is 16.4 Å². The summed E-state index contributed by atoms with van der Waals surface area (Å²) in [5.41, 5.74) is 5.53. The summed E-state index contributed by atoms with van der Waals surface area (Å²) in [7, 11) is 0. The van der Waals surface area contributed by atoms with Crippen LogP contribution in [0.3, 0.4) is 0 Å². The van der Waals surface area contributed by atoms with Crippen molar-refractivity contribution >= 4 is 34.7 Å². The van der Waals surface area contributed by atoms with E-state index in [1.807, 2.05) is 0 Å². The summed E-state index contributed by atoms with van der Waals surface area (Å²) in [6.07, 6.45) is 0.750. The number of anilines is 3. The zero-order valence-corrected chi connectivity index (χ0v) is 26.8. The number of alkyl halides is 3. The normalized spacial score (nSPS) is 10.8. The minimum atomic E-state index is -4.64. The van der Waals surface area contributed by atoms with Gasteiger partial charge in [-0.25, -0.2) is 14.8 Å². The summed E-state index contributed by atoms with van der Waals surface area (Å²) in [5.74, 6) is 2.72. The quantitative estimate of drug-likeness (QED) is 0.129. The molecule has 0 spiro atoms. The van der Waals surface area contributed by atoms with Crippen molar-refractivity contribution in [3.63, 3.8) is 0 Å². The number of nitrogens with zero attached hydrogens (tertiary/aromatic N) is 8. The smallest absolute Gasteiger partial charge is 0.417 e. The number of carbonyl (C=O) groups excluding carboxylic acids is 1. The molecule has 3 aromatic carbocycles. The lowest BCUT2D eigenvalue weighted by atomic mass is 10.2. The molecule has 0 aliphatic carbocycles. The Labute approximate surface area is 294 Å². The van der Waals surface area contributed by atoms with Gasteiger partial charge in [-0.15, -0.1) is 0 Å². The molecule has 0 aliphatic rings. The van der Waals surface area contributed by atoms with E-state index in [0.717, 1.165) is 18.5 Å². The first kappa shape index (κ1) is 34.7. The lowest BCUT2D eigenvalue weighted by Gasteiger charge is -2.12. The van der Waals surface area contributed by atoms with Gasteiger partial charge in [0.05, 0.1) is 10.6 Å².